The lowest BCUT2D eigenvalue weighted by Gasteiger charge is -2.25. The van der Waals surface area contributed by atoms with Gasteiger partial charge >= 0.3 is 5.97 Å². The number of aromatic nitrogens is 3. The van der Waals surface area contributed by atoms with Gasteiger partial charge in [-0.25, -0.2) is 19.8 Å². The van der Waals surface area contributed by atoms with Crippen molar-refractivity contribution < 1.29 is 14.5 Å². The lowest BCUT2D eigenvalue weighted by Crippen LogP contribution is -2.40. The molecule has 2 aromatic heterocycles. The number of nitrogens with zero attached hydrogens (tertiary/aromatic N) is 5. The number of esters is 1. The molecule has 45 heavy (non-hydrogen) atoms. The van der Waals surface area contributed by atoms with Crippen molar-refractivity contribution >= 4 is 58.1 Å². The summed E-state index contributed by atoms with van der Waals surface area (Å²) in [6, 6.07) is 21.3. The van der Waals surface area contributed by atoms with Crippen molar-refractivity contribution in [3.63, 3.8) is 0 Å². The van der Waals surface area contributed by atoms with Gasteiger partial charge in [0.2, 0.25) is 0 Å². The number of non-ortho nitro benzene ring substituents is 1. The second kappa shape index (κ2) is 13.0. The van der Waals surface area contributed by atoms with Crippen LogP contribution >= 0.6 is 34.7 Å². The van der Waals surface area contributed by atoms with Crippen LogP contribution in [0.4, 0.5) is 5.69 Å². The summed E-state index contributed by atoms with van der Waals surface area (Å²) < 4.78 is 7.22. The van der Waals surface area contributed by atoms with Crippen LogP contribution in [0.1, 0.15) is 29.7 Å². The van der Waals surface area contributed by atoms with E-state index in [9.17, 15) is 19.7 Å². The molecule has 13 heteroatoms. The van der Waals surface area contributed by atoms with Gasteiger partial charge in [0.05, 0.1) is 33.4 Å². The van der Waals surface area contributed by atoms with Crippen LogP contribution in [0.5, 0.6) is 0 Å². The SMILES string of the molecule is CCOC(=O)C1=C(c2ccccc2)N=c2s/c(=C/c3cc([N+](=O)[O-])ccc3Sc3ncccn3)c(=O)n2[C@@H]1c1ccc(Cl)cc1. The fourth-order valence-corrected chi connectivity index (χ4v) is 6.75. The highest BCUT2D eigenvalue weighted by molar-refractivity contribution is 7.99. The Morgan fingerprint density at radius 3 is 2.51 bits per heavy atom. The molecule has 0 fully saturated rings. The van der Waals surface area contributed by atoms with E-state index in [1.165, 1.54) is 28.5 Å². The fraction of sp³-hybridized carbons (Fsp3) is 0.0938. The maximum absolute atomic E-state index is 14.2. The average molecular weight is 656 g/mol. The second-order valence-corrected chi connectivity index (χ2v) is 12.1. The van der Waals surface area contributed by atoms with Crippen molar-refractivity contribution in [2.45, 2.75) is 23.0 Å². The molecular formula is C32H22ClN5O5S2. The molecule has 0 bridgehead atoms. The van der Waals surface area contributed by atoms with Crippen LogP contribution in [0.15, 0.2) is 117 Å². The smallest absolute Gasteiger partial charge is 0.338 e. The molecule has 1 atom stereocenters. The van der Waals surface area contributed by atoms with Gasteiger partial charge in [0, 0.05) is 40.0 Å². The van der Waals surface area contributed by atoms with Crippen LogP contribution in [-0.2, 0) is 9.53 Å². The van der Waals surface area contributed by atoms with Crippen LogP contribution in [0, 0.1) is 10.1 Å². The first-order valence-corrected chi connectivity index (χ1v) is 15.6. The first-order valence-electron chi connectivity index (χ1n) is 13.6. The molecule has 0 unspecified atom stereocenters. The summed E-state index contributed by atoms with van der Waals surface area (Å²) in [4.78, 5) is 53.3. The monoisotopic (exact) mass is 655 g/mol. The maximum Gasteiger partial charge on any atom is 0.338 e. The molecule has 1 aliphatic rings. The molecule has 0 aliphatic carbocycles. The molecule has 1 aliphatic heterocycles. The van der Waals surface area contributed by atoms with Crippen LogP contribution in [-0.4, -0.2) is 32.0 Å². The number of hydrogen-bond acceptors (Lipinski definition) is 10. The molecule has 0 saturated heterocycles. The zero-order valence-electron chi connectivity index (χ0n) is 23.5. The number of carbonyl (C=O) groups is 1. The van der Waals surface area contributed by atoms with E-state index in [2.05, 4.69) is 9.97 Å². The molecule has 0 radical (unpaired) electrons. The van der Waals surface area contributed by atoms with Crippen LogP contribution in [0.25, 0.3) is 11.8 Å². The molecule has 3 aromatic carbocycles. The first-order chi connectivity index (χ1) is 21.8. The number of hydrogen-bond donors (Lipinski definition) is 0. The third-order valence-corrected chi connectivity index (χ3v) is 9.01. The van der Waals surface area contributed by atoms with E-state index < -0.39 is 22.5 Å². The van der Waals surface area contributed by atoms with Gasteiger partial charge in [-0.05, 0) is 60.2 Å². The standard InChI is InChI=1S/C32H22ClN5O5S2/c1-2-43-30(40)26-27(19-7-4-3-5-8-19)36-32-37(28(26)20-9-11-22(33)12-10-20)29(39)25(45-32)18-21-17-23(38(41)42)13-14-24(21)44-31-34-15-6-16-35-31/h3-18,28H,2H2,1H3/b25-18+/t28-/m1/s1. The van der Waals surface area contributed by atoms with E-state index >= 15 is 0 Å². The normalized spacial score (nSPS) is 14.5. The number of fused-ring (bicyclic) bond motifs is 1. The molecule has 0 spiro atoms. The number of thiazole rings is 1. The highest BCUT2D eigenvalue weighted by Gasteiger charge is 2.35. The van der Waals surface area contributed by atoms with Gasteiger partial charge < -0.3 is 4.74 Å². The predicted molar refractivity (Wildman–Crippen MR) is 172 cm³/mol. The quantitative estimate of drug-likeness (QED) is 0.0936. The summed E-state index contributed by atoms with van der Waals surface area (Å²) in [6.07, 6.45) is 4.79. The molecule has 3 heterocycles. The lowest BCUT2D eigenvalue weighted by molar-refractivity contribution is -0.384. The molecule has 6 rings (SSSR count). The Bertz CT molecular complexity index is 2130. The Balaban J connectivity index is 1.61. The summed E-state index contributed by atoms with van der Waals surface area (Å²) in [5, 5.41) is 12.6. The number of rotatable bonds is 8. The van der Waals surface area contributed by atoms with E-state index in [1.54, 1.807) is 61.8 Å². The summed E-state index contributed by atoms with van der Waals surface area (Å²) in [6.45, 7) is 1.84. The molecule has 0 saturated carbocycles. The van der Waals surface area contributed by atoms with Crippen LogP contribution < -0.4 is 14.9 Å². The van der Waals surface area contributed by atoms with Crippen LogP contribution in [0.2, 0.25) is 5.02 Å². The van der Waals surface area contributed by atoms with Crippen LogP contribution in [0.3, 0.4) is 0 Å². The Morgan fingerprint density at radius 1 is 1.09 bits per heavy atom. The van der Waals surface area contributed by atoms with Crippen molar-refractivity contribution in [3.8, 4) is 0 Å². The third kappa shape index (κ3) is 6.21. The van der Waals surface area contributed by atoms with E-state index in [0.29, 0.717) is 42.3 Å². The van der Waals surface area contributed by atoms with E-state index in [1.807, 2.05) is 30.3 Å². The summed E-state index contributed by atoms with van der Waals surface area (Å²) >= 11 is 8.54. The van der Waals surface area contributed by atoms with Gasteiger partial charge in [-0.15, -0.1) is 0 Å². The van der Waals surface area contributed by atoms with Gasteiger partial charge in [0.15, 0.2) is 9.96 Å². The fourth-order valence-electron chi connectivity index (χ4n) is 4.83. The minimum Gasteiger partial charge on any atom is -0.463 e. The highest BCUT2D eigenvalue weighted by Crippen LogP contribution is 2.36. The number of ether oxygens (including phenoxy) is 1. The Kier molecular flexibility index (Phi) is 8.69. The Hall–Kier alpha value is -4.91. The number of carbonyl (C=O) groups excluding carboxylic acids is 1. The van der Waals surface area contributed by atoms with Crippen molar-refractivity contribution in [2.75, 3.05) is 6.61 Å². The molecule has 0 N–H and O–H groups in total. The minimum atomic E-state index is -0.883. The third-order valence-electron chi connectivity index (χ3n) is 6.79. The summed E-state index contributed by atoms with van der Waals surface area (Å²) in [5.74, 6) is -0.602. The molecule has 224 valence electrons. The van der Waals surface area contributed by atoms with Gasteiger partial charge in [-0.2, -0.15) is 0 Å². The van der Waals surface area contributed by atoms with E-state index in [0.717, 1.165) is 11.3 Å². The molecule has 10 nitrogen and oxygen atoms in total. The second-order valence-electron chi connectivity index (χ2n) is 9.60. The molecule has 5 aromatic rings. The minimum absolute atomic E-state index is 0.126. The van der Waals surface area contributed by atoms with Crippen molar-refractivity contribution in [1.82, 2.24) is 14.5 Å². The number of benzene rings is 3. The van der Waals surface area contributed by atoms with Crippen molar-refractivity contribution in [1.29, 1.82) is 0 Å². The molecular weight excluding hydrogens is 634 g/mol. The van der Waals surface area contributed by atoms with Gasteiger partial charge in [-0.3, -0.25) is 19.5 Å². The largest absolute Gasteiger partial charge is 0.463 e. The van der Waals surface area contributed by atoms with Gasteiger partial charge in [-0.1, -0.05) is 65.4 Å². The lowest BCUT2D eigenvalue weighted by atomic mass is 9.93. The molecule has 0 amide bonds. The summed E-state index contributed by atoms with van der Waals surface area (Å²) in [5.41, 5.74) is 1.77. The topological polar surface area (TPSA) is 130 Å². The predicted octanol–water partition coefficient (Wildman–Crippen LogP) is 5.44. The number of halogens is 1. The van der Waals surface area contributed by atoms with Crippen molar-refractivity contribution in [3.05, 3.63) is 148 Å². The van der Waals surface area contributed by atoms with E-state index in [-0.39, 0.29) is 22.4 Å². The van der Waals surface area contributed by atoms with Gasteiger partial charge in [0.25, 0.3) is 11.2 Å². The first kappa shape index (κ1) is 30.1. The number of nitro groups is 1. The Morgan fingerprint density at radius 2 is 1.82 bits per heavy atom. The maximum atomic E-state index is 14.2. The van der Waals surface area contributed by atoms with E-state index in [4.69, 9.17) is 21.3 Å². The summed E-state index contributed by atoms with van der Waals surface area (Å²) in [7, 11) is 0. The van der Waals surface area contributed by atoms with Crippen molar-refractivity contribution in [2.24, 2.45) is 4.99 Å². The highest BCUT2D eigenvalue weighted by atomic mass is 35.5. The zero-order chi connectivity index (χ0) is 31.5. The Labute approximate surface area is 269 Å². The average Bonchev–Trinajstić information content (AvgIpc) is 3.36. The number of nitro benzene ring substituents is 1. The zero-order valence-corrected chi connectivity index (χ0v) is 25.9. The van der Waals surface area contributed by atoms with Gasteiger partial charge in [0.1, 0.15) is 0 Å².